The van der Waals surface area contributed by atoms with Crippen molar-refractivity contribution in [3.05, 3.63) is 11.1 Å². The molecule has 3 rings (SSSR count). The Balaban J connectivity index is 1.50. The highest BCUT2D eigenvalue weighted by molar-refractivity contribution is 7.13. The summed E-state index contributed by atoms with van der Waals surface area (Å²) in [5, 5.41) is 9.09. The number of nitrogens with zero attached hydrogens (tertiary/aromatic N) is 2. The highest BCUT2D eigenvalue weighted by Crippen LogP contribution is 2.24. The minimum absolute atomic E-state index is 0.0491. The quantitative estimate of drug-likeness (QED) is 0.870. The summed E-state index contributed by atoms with van der Waals surface area (Å²) in [4.78, 5) is 18.5. The first-order valence-corrected chi connectivity index (χ1v) is 7.76. The van der Waals surface area contributed by atoms with Gasteiger partial charge in [0.2, 0.25) is 5.91 Å². The van der Waals surface area contributed by atoms with Gasteiger partial charge in [0, 0.05) is 24.5 Å². The van der Waals surface area contributed by atoms with Gasteiger partial charge >= 0.3 is 0 Å². The highest BCUT2D eigenvalue weighted by atomic mass is 32.1. The van der Waals surface area contributed by atoms with Crippen LogP contribution in [0.4, 0.5) is 5.13 Å². The van der Waals surface area contributed by atoms with E-state index in [1.54, 1.807) is 0 Å². The second-order valence-electron chi connectivity index (χ2n) is 5.50. The Morgan fingerprint density at radius 2 is 2.53 bits per heavy atom. The molecule has 6 heteroatoms. The molecule has 3 heterocycles. The van der Waals surface area contributed by atoms with E-state index in [4.69, 9.17) is 0 Å². The lowest BCUT2D eigenvalue weighted by Crippen LogP contribution is -2.41. The number of amides is 1. The first-order chi connectivity index (χ1) is 9.20. The molecule has 0 bridgehead atoms. The smallest absolute Gasteiger partial charge is 0.240 e. The number of aryl methyl sites for hydroxylation is 1. The molecule has 1 aromatic heterocycles. The third-order valence-corrected chi connectivity index (χ3v) is 4.78. The molecule has 1 amide bonds. The van der Waals surface area contributed by atoms with Crippen LogP contribution in [0.2, 0.25) is 0 Å². The van der Waals surface area contributed by atoms with Gasteiger partial charge in [0.25, 0.3) is 0 Å². The zero-order valence-corrected chi connectivity index (χ0v) is 12.0. The average Bonchev–Trinajstić information content (AvgIpc) is 2.94. The number of nitrogens with one attached hydrogen (secondary N) is 2. The van der Waals surface area contributed by atoms with Crippen molar-refractivity contribution in [3.63, 3.8) is 0 Å². The number of piperidine rings is 1. The zero-order chi connectivity index (χ0) is 13.2. The maximum Gasteiger partial charge on any atom is 0.240 e. The summed E-state index contributed by atoms with van der Waals surface area (Å²) in [5.74, 6) is 0.775. The lowest BCUT2D eigenvalue weighted by molar-refractivity contribution is -0.117. The number of anilines is 1. The summed E-state index contributed by atoms with van der Waals surface area (Å²) >= 11 is 1.48. The number of carbonyl (C=O) groups is 1. The minimum Gasteiger partial charge on any atom is -0.312 e. The van der Waals surface area contributed by atoms with Crippen LogP contribution in [-0.2, 0) is 4.79 Å². The normalized spacial score (nSPS) is 27.2. The van der Waals surface area contributed by atoms with Crippen LogP contribution in [0.25, 0.3) is 0 Å². The molecule has 0 aromatic carbocycles. The van der Waals surface area contributed by atoms with Crippen LogP contribution >= 0.6 is 11.3 Å². The van der Waals surface area contributed by atoms with Crippen molar-refractivity contribution in [2.45, 2.75) is 25.8 Å². The number of rotatable bonds is 3. The number of aromatic nitrogens is 1. The summed E-state index contributed by atoms with van der Waals surface area (Å²) in [6.07, 6.45) is 2.56. The highest BCUT2D eigenvalue weighted by Gasteiger charge is 2.34. The molecule has 0 spiro atoms. The van der Waals surface area contributed by atoms with Gasteiger partial charge < -0.3 is 10.6 Å². The van der Waals surface area contributed by atoms with Crippen molar-refractivity contribution < 1.29 is 4.79 Å². The molecule has 1 aromatic rings. The van der Waals surface area contributed by atoms with E-state index in [-0.39, 0.29) is 5.91 Å². The van der Waals surface area contributed by atoms with Crippen LogP contribution in [0, 0.1) is 12.8 Å². The zero-order valence-electron chi connectivity index (χ0n) is 11.2. The molecule has 0 aliphatic carbocycles. The topological polar surface area (TPSA) is 57.3 Å². The van der Waals surface area contributed by atoms with E-state index in [1.165, 1.54) is 24.2 Å². The lowest BCUT2D eigenvalue weighted by atomic mass is 9.94. The van der Waals surface area contributed by atoms with Crippen molar-refractivity contribution in [2.75, 3.05) is 31.5 Å². The maximum absolute atomic E-state index is 12.0. The molecule has 5 nitrogen and oxygen atoms in total. The number of fused-ring (bicyclic) bond motifs is 1. The van der Waals surface area contributed by atoms with Gasteiger partial charge in [-0.2, -0.15) is 0 Å². The van der Waals surface area contributed by atoms with Crippen LogP contribution in [0.5, 0.6) is 0 Å². The van der Waals surface area contributed by atoms with Gasteiger partial charge in [-0.05, 0) is 32.2 Å². The van der Waals surface area contributed by atoms with Gasteiger partial charge in [0.05, 0.1) is 12.2 Å². The second-order valence-corrected chi connectivity index (χ2v) is 6.36. The summed E-state index contributed by atoms with van der Waals surface area (Å²) < 4.78 is 0. The van der Waals surface area contributed by atoms with Gasteiger partial charge in [-0.1, -0.05) is 0 Å². The van der Waals surface area contributed by atoms with Gasteiger partial charge in [-0.3, -0.25) is 9.69 Å². The third-order valence-electron chi connectivity index (χ3n) is 3.91. The monoisotopic (exact) mass is 280 g/mol. The summed E-state index contributed by atoms with van der Waals surface area (Å²) in [7, 11) is 0. The van der Waals surface area contributed by atoms with E-state index < -0.39 is 0 Å². The first-order valence-electron chi connectivity index (χ1n) is 6.88. The molecule has 0 saturated carbocycles. The van der Waals surface area contributed by atoms with E-state index >= 15 is 0 Å². The standard InChI is InChI=1S/C13H20N4OS/c1-9-8-19-13(15-9)16-12(18)7-17-5-10-3-2-4-14-11(10)6-17/h8,10-11,14H,2-7H2,1H3,(H,15,16,18). The third kappa shape index (κ3) is 3.13. The Labute approximate surface area is 117 Å². The van der Waals surface area contributed by atoms with Gasteiger partial charge in [-0.25, -0.2) is 4.98 Å². The Bertz CT molecular complexity index is 447. The van der Waals surface area contributed by atoms with Gasteiger partial charge in [0.1, 0.15) is 0 Å². The molecule has 19 heavy (non-hydrogen) atoms. The van der Waals surface area contributed by atoms with Crippen LogP contribution in [0.1, 0.15) is 18.5 Å². The molecule has 104 valence electrons. The summed E-state index contributed by atoms with van der Waals surface area (Å²) in [6.45, 7) is 5.58. The van der Waals surface area contributed by atoms with E-state index in [2.05, 4.69) is 20.5 Å². The molecule has 2 atom stereocenters. The number of hydrogen-bond donors (Lipinski definition) is 2. The fourth-order valence-electron chi connectivity index (χ4n) is 3.04. The van der Waals surface area contributed by atoms with E-state index in [1.807, 2.05) is 12.3 Å². The summed E-state index contributed by atoms with van der Waals surface area (Å²) in [5.41, 5.74) is 0.955. The van der Waals surface area contributed by atoms with Crippen LogP contribution in [0.3, 0.4) is 0 Å². The molecule has 2 saturated heterocycles. The SMILES string of the molecule is Cc1csc(NC(=O)CN2CC3CCCNC3C2)n1. The molecular weight excluding hydrogens is 260 g/mol. The van der Waals surface area contributed by atoms with Crippen molar-refractivity contribution in [1.29, 1.82) is 0 Å². The number of hydrogen-bond acceptors (Lipinski definition) is 5. The fourth-order valence-corrected chi connectivity index (χ4v) is 3.74. The van der Waals surface area contributed by atoms with E-state index in [0.29, 0.717) is 17.7 Å². The van der Waals surface area contributed by atoms with Gasteiger partial charge in [-0.15, -0.1) is 11.3 Å². The molecular formula is C13H20N4OS. The van der Waals surface area contributed by atoms with Crippen molar-refractivity contribution in [2.24, 2.45) is 5.92 Å². The maximum atomic E-state index is 12.0. The Hall–Kier alpha value is -0.980. The average molecular weight is 280 g/mol. The number of carbonyl (C=O) groups excluding carboxylic acids is 1. The fraction of sp³-hybridized carbons (Fsp3) is 0.692. The molecule has 0 radical (unpaired) electrons. The Morgan fingerprint density at radius 1 is 1.63 bits per heavy atom. The lowest BCUT2D eigenvalue weighted by Gasteiger charge is -2.24. The predicted molar refractivity (Wildman–Crippen MR) is 76.4 cm³/mol. The number of thiazole rings is 1. The van der Waals surface area contributed by atoms with Crippen molar-refractivity contribution >= 4 is 22.4 Å². The molecule has 2 N–H and O–H groups in total. The Kier molecular flexibility index (Phi) is 3.81. The molecule has 2 aliphatic heterocycles. The first kappa shape index (κ1) is 13.0. The largest absolute Gasteiger partial charge is 0.312 e. The van der Waals surface area contributed by atoms with E-state index in [0.717, 1.165) is 31.2 Å². The second kappa shape index (κ2) is 5.56. The van der Waals surface area contributed by atoms with E-state index in [9.17, 15) is 4.79 Å². The molecule has 2 aliphatic rings. The molecule has 2 unspecified atom stereocenters. The summed E-state index contributed by atoms with van der Waals surface area (Å²) in [6, 6.07) is 0.587. The van der Waals surface area contributed by atoms with Crippen LogP contribution in [-0.4, -0.2) is 48.0 Å². The van der Waals surface area contributed by atoms with Crippen molar-refractivity contribution in [1.82, 2.24) is 15.2 Å². The number of likely N-dealkylation sites (tertiary alicyclic amines) is 1. The van der Waals surface area contributed by atoms with Gasteiger partial charge in [0.15, 0.2) is 5.13 Å². The predicted octanol–water partition coefficient (Wildman–Crippen LogP) is 1.07. The van der Waals surface area contributed by atoms with Crippen molar-refractivity contribution in [3.8, 4) is 0 Å². The molecule has 2 fully saturated rings. The minimum atomic E-state index is 0.0491. The van der Waals surface area contributed by atoms with Crippen LogP contribution in [0.15, 0.2) is 5.38 Å². The van der Waals surface area contributed by atoms with Crippen LogP contribution < -0.4 is 10.6 Å². The Morgan fingerprint density at radius 3 is 3.26 bits per heavy atom.